The van der Waals surface area contributed by atoms with Crippen LogP contribution < -0.4 is 4.90 Å². The molecule has 0 aromatic heterocycles. The highest BCUT2D eigenvalue weighted by Gasteiger charge is 2.53. The van der Waals surface area contributed by atoms with Gasteiger partial charge in [-0.15, -0.1) is 0 Å². The van der Waals surface area contributed by atoms with E-state index in [1.54, 1.807) is 11.9 Å². The highest BCUT2D eigenvalue weighted by molar-refractivity contribution is 14.1. The molecule has 1 unspecified atom stereocenters. The van der Waals surface area contributed by atoms with Crippen molar-refractivity contribution in [2.45, 2.75) is 31.1 Å². The van der Waals surface area contributed by atoms with Crippen LogP contribution in [-0.2, 0) is 19.7 Å². The Kier molecular flexibility index (Phi) is 3.11. The molecule has 1 amide bonds. The Morgan fingerprint density at radius 2 is 2.09 bits per heavy atom. The fraction of sp³-hybridized carbons (Fsp3) is 0.412. The van der Waals surface area contributed by atoms with Gasteiger partial charge in [-0.25, -0.2) is 0 Å². The zero-order chi connectivity index (χ0) is 15.5. The zero-order valence-electron chi connectivity index (χ0n) is 12.3. The first kappa shape index (κ1) is 14.2. The van der Waals surface area contributed by atoms with E-state index in [4.69, 9.17) is 4.74 Å². The van der Waals surface area contributed by atoms with Gasteiger partial charge in [-0.2, -0.15) is 0 Å². The number of likely N-dealkylation sites (N-methyl/N-ethyl adjacent to an activating group) is 1. The maximum Gasteiger partial charge on any atom is 0.241 e. The normalized spacial score (nSPS) is 27.1. The summed E-state index contributed by atoms with van der Waals surface area (Å²) >= 11 is 2.26. The summed E-state index contributed by atoms with van der Waals surface area (Å²) < 4.78 is 7.01. The van der Waals surface area contributed by atoms with Crippen molar-refractivity contribution in [2.24, 2.45) is 0 Å². The number of carbonyl (C=O) groups is 2. The van der Waals surface area contributed by atoms with Gasteiger partial charge in [-0.05, 0) is 52.8 Å². The van der Waals surface area contributed by atoms with Crippen molar-refractivity contribution in [1.82, 2.24) is 0 Å². The summed E-state index contributed by atoms with van der Waals surface area (Å²) in [5.41, 5.74) is 1.95. The van der Waals surface area contributed by atoms with E-state index in [-0.39, 0.29) is 11.7 Å². The lowest BCUT2D eigenvalue weighted by atomic mass is 9.73. The minimum Gasteiger partial charge on any atom is -0.496 e. The standard InChI is InChI=1S/C17H16INO3/c1-19-13-6-5-10(18)7-12(13)17(16(19)21)8-11-14(20)3-2-4-15(11)22-9-17/h5-7H,2-4,8-9H2,1H3. The van der Waals surface area contributed by atoms with Gasteiger partial charge < -0.3 is 9.64 Å². The minimum atomic E-state index is -0.725. The summed E-state index contributed by atoms with van der Waals surface area (Å²) in [7, 11) is 1.80. The molecule has 1 aliphatic carbocycles. The first-order valence-corrected chi connectivity index (χ1v) is 8.57. The van der Waals surface area contributed by atoms with Gasteiger partial charge in [0.25, 0.3) is 0 Å². The van der Waals surface area contributed by atoms with E-state index in [2.05, 4.69) is 28.7 Å². The SMILES string of the molecule is CN1C(=O)C2(COC3=C(C2)C(=O)CCC3)c2cc(I)ccc21. The van der Waals surface area contributed by atoms with Crippen molar-refractivity contribution in [3.63, 3.8) is 0 Å². The number of Topliss-reactive ketones (excluding diaryl/α,β-unsaturated/α-hetero) is 1. The van der Waals surface area contributed by atoms with Gasteiger partial charge in [-0.1, -0.05) is 0 Å². The van der Waals surface area contributed by atoms with Crippen molar-refractivity contribution in [3.05, 3.63) is 38.7 Å². The van der Waals surface area contributed by atoms with Crippen LogP contribution in [0.1, 0.15) is 31.2 Å². The Morgan fingerprint density at radius 1 is 1.27 bits per heavy atom. The number of allylic oxidation sites excluding steroid dienone is 2. The van der Waals surface area contributed by atoms with Crippen molar-refractivity contribution in [1.29, 1.82) is 0 Å². The lowest BCUT2D eigenvalue weighted by Crippen LogP contribution is -2.46. The number of amides is 1. The summed E-state index contributed by atoms with van der Waals surface area (Å²) in [6.07, 6.45) is 2.73. The van der Waals surface area contributed by atoms with E-state index >= 15 is 0 Å². The quantitative estimate of drug-likeness (QED) is 0.620. The third-order valence-electron chi connectivity index (χ3n) is 5.00. The van der Waals surface area contributed by atoms with Crippen molar-refractivity contribution >= 4 is 40.0 Å². The zero-order valence-corrected chi connectivity index (χ0v) is 14.5. The van der Waals surface area contributed by atoms with Gasteiger partial charge in [0.2, 0.25) is 5.91 Å². The van der Waals surface area contributed by atoms with Crippen LogP contribution in [0.2, 0.25) is 0 Å². The molecule has 0 N–H and O–H groups in total. The second-order valence-corrected chi connectivity index (χ2v) is 7.50. The maximum absolute atomic E-state index is 12.9. The molecule has 3 aliphatic rings. The van der Waals surface area contributed by atoms with Crippen LogP contribution in [0.25, 0.3) is 0 Å². The van der Waals surface area contributed by atoms with Crippen LogP contribution >= 0.6 is 22.6 Å². The first-order chi connectivity index (χ1) is 10.5. The summed E-state index contributed by atoms with van der Waals surface area (Å²) in [6.45, 7) is 0.343. The average molecular weight is 409 g/mol. The number of rotatable bonds is 0. The fourth-order valence-electron chi connectivity index (χ4n) is 3.83. The molecule has 2 heterocycles. The molecular formula is C17H16INO3. The van der Waals surface area contributed by atoms with Crippen LogP contribution in [0.15, 0.2) is 29.5 Å². The molecule has 2 aliphatic heterocycles. The lowest BCUT2D eigenvalue weighted by Gasteiger charge is -2.36. The molecule has 5 heteroatoms. The number of ketones is 1. The van der Waals surface area contributed by atoms with Gasteiger partial charge in [-0.3, -0.25) is 9.59 Å². The Hall–Kier alpha value is -1.37. The van der Waals surface area contributed by atoms with Crippen LogP contribution in [0.5, 0.6) is 0 Å². The van der Waals surface area contributed by atoms with E-state index in [1.165, 1.54) is 0 Å². The largest absolute Gasteiger partial charge is 0.496 e. The molecule has 114 valence electrons. The Labute approximate surface area is 142 Å². The van der Waals surface area contributed by atoms with E-state index < -0.39 is 5.41 Å². The molecule has 0 bridgehead atoms. The Morgan fingerprint density at radius 3 is 2.91 bits per heavy atom. The molecule has 1 spiro atoms. The van der Waals surface area contributed by atoms with Crippen LogP contribution in [0, 0.1) is 3.57 Å². The summed E-state index contributed by atoms with van der Waals surface area (Å²) in [4.78, 5) is 26.9. The number of carbonyl (C=O) groups excluding carboxylic acids is 2. The lowest BCUT2D eigenvalue weighted by molar-refractivity contribution is -0.126. The molecule has 0 radical (unpaired) electrons. The first-order valence-electron chi connectivity index (χ1n) is 7.49. The van der Waals surface area contributed by atoms with E-state index in [0.29, 0.717) is 19.4 Å². The summed E-state index contributed by atoms with van der Waals surface area (Å²) in [5.74, 6) is 1.00. The highest BCUT2D eigenvalue weighted by Crippen LogP contribution is 2.49. The molecule has 0 fully saturated rings. The van der Waals surface area contributed by atoms with Gasteiger partial charge in [0, 0.05) is 41.1 Å². The van der Waals surface area contributed by atoms with Gasteiger partial charge in [0.1, 0.15) is 17.8 Å². The third-order valence-corrected chi connectivity index (χ3v) is 5.67. The highest BCUT2D eigenvalue weighted by atomic mass is 127. The van der Waals surface area contributed by atoms with E-state index in [9.17, 15) is 9.59 Å². The molecule has 1 atom stereocenters. The third kappa shape index (κ3) is 1.81. The number of nitrogens with zero attached hydrogens (tertiary/aromatic N) is 1. The summed E-state index contributed by atoms with van der Waals surface area (Å²) in [5, 5.41) is 0. The van der Waals surface area contributed by atoms with E-state index in [0.717, 1.165) is 39.0 Å². The van der Waals surface area contributed by atoms with Crippen molar-refractivity contribution in [2.75, 3.05) is 18.6 Å². The second-order valence-electron chi connectivity index (χ2n) is 6.25. The molecule has 1 aromatic carbocycles. The Balaban J connectivity index is 1.86. The molecule has 4 rings (SSSR count). The number of hydrogen-bond acceptors (Lipinski definition) is 3. The molecule has 1 aromatic rings. The van der Waals surface area contributed by atoms with Crippen molar-refractivity contribution < 1.29 is 14.3 Å². The summed E-state index contributed by atoms with van der Waals surface area (Å²) in [6, 6.07) is 6.04. The topological polar surface area (TPSA) is 46.6 Å². The molecule has 4 nitrogen and oxygen atoms in total. The molecule has 0 saturated carbocycles. The molecule has 0 saturated heterocycles. The molecular weight excluding hydrogens is 393 g/mol. The number of halogens is 1. The number of anilines is 1. The van der Waals surface area contributed by atoms with Gasteiger partial charge in [0.15, 0.2) is 5.78 Å². The second kappa shape index (κ2) is 4.81. The van der Waals surface area contributed by atoms with Crippen LogP contribution in [0.4, 0.5) is 5.69 Å². The van der Waals surface area contributed by atoms with Crippen LogP contribution in [0.3, 0.4) is 0 Å². The minimum absolute atomic E-state index is 0.0365. The predicted octanol–water partition coefficient (Wildman–Crippen LogP) is 2.93. The smallest absolute Gasteiger partial charge is 0.241 e. The fourth-order valence-corrected chi connectivity index (χ4v) is 4.32. The Bertz CT molecular complexity index is 739. The average Bonchev–Trinajstić information content (AvgIpc) is 2.71. The van der Waals surface area contributed by atoms with Crippen molar-refractivity contribution in [3.8, 4) is 0 Å². The molecule has 22 heavy (non-hydrogen) atoms. The number of fused-ring (bicyclic) bond motifs is 2. The van der Waals surface area contributed by atoms with Gasteiger partial charge >= 0.3 is 0 Å². The van der Waals surface area contributed by atoms with Gasteiger partial charge in [0.05, 0.1) is 0 Å². The number of ether oxygens (including phenoxy) is 1. The maximum atomic E-state index is 12.9. The predicted molar refractivity (Wildman–Crippen MR) is 90.7 cm³/mol. The number of hydrogen-bond donors (Lipinski definition) is 0. The monoisotopic (exact) mass is 409 g/mol. The van der Waals surface area contributed by atoms with E-state index in [1.807, 2.05) is 12.1 Å². The van der Waals surface area contributed by atoms with Crippen LogP contribution in [-0.4, -0.2) is 25.3 Å². The number of benzene rings is 1.